The fraction of sp³-hybridized carbons (Fsp3) is 0.471. The van der Waals surface area contributed by atoms with Crippen LogP contribution in [0.2, 0.25) is 0 Å². The number of rotatable bonds is 6. The molecule has 0 saturated carbocycles. The summed E-state index contributed by atoms with van der Waals surface area (Å²) in [6.45, 7) is 12.3. The highest BCUT2D eigenvalue weighted by Crippen LogP contribution is 2.28. The van der Waals surface area contributed by atoms with E-state index in [1.54, 1.807) is 0 Å². The number of ether oxygens (including phenoxy) is 1. The molecule has 0 amide bonds. The Morgan fingerprint density at radius 3 is 2.38 bits per heavy atom. The van der Waals surface area contributed by atoms with Crippen molar-refractivity contribution in [3.05, 3.63) is 41.0 Å². The van der Waals surface area contributed by atoms with E-state index < -0.39 is 0 Å². The molecule has 0 bridgehead atoms. The SMILES string of the molecule is C=Cc1ccc(C(=O)OC(C)C)c(CCN)c1C(C)C.Cl. The van der Waals surface area contributed by atoms with Crippen LogP contribution in [0.3, 0.4) is 0 Å². The van der Waals surface area contributed by atoms with Crippen LogP contribution in [0.25, 0.3) is 6.08 Å². The molecular formula is C17H26ClNO2. The van der Waals surface area contributed by atoms with Crippen molar-refractivity contribution in [1.82, 2.24) is 0 Å². The van der Waals surface area contributed by atoms with E-state index in [0.717, 1.165) is 16.7 Å². The van der Waals surface area contributed by atoms with Gasteiger partial charge in [0, 0.05) is 0 Å². The van der Waals surface area contributed by atoms with Gasteiger partial charge in [0.05, 0.1) is 11.7 Å². The average molecular weight is 312 g/mol. The van der Waals surface area contributed by atoms with Gasteiger partial charge in [-0.3, -0.25) is 0 Å². The van der Waals surface area contributed by atoms with Crippen LogP contribution in [0.1, 0.15) is 60.7 Å². The Bertz CT molecular complexity index is 496. The molecule has 0 spiro atoms. The molecule has 21 heavy (non-hydrogen) atoms. The molecule has 0 fully saturated rings. The van der Waals surface area contributed by atoms with Gasteiger partial charge in [0.2, 0.25) is 0 Å². The Morgan fingerprint density at radius 2 is 1.95 bits per heavy atom. The maximum absolute atomic E-state index is 12.2. The minimum Gasteiger partial charge on any atom is -0.459 e. The topological polar surface area (TPSA) is 52.3 Å². The summed E-state index contributed by atoms with van der Waals surface area (Å²) in [5.74, 6) is 0.0253. The molecule has 0 heterocycles. The molecule has 4 heteroatoms. The first-order chi connectivity index (χ1) is 9.42. The van der Waals surface area contributed by atoms with Gasteiger partial charge in [-0.25, -0.2) is 4.79 Å². The first-order valence-corrected chi connectivity index (χ1v) is 7.11. The summed E-state index contributed by atoms with van der Waals surface area (Å²) in [4.78, 5) is 12.2. The lowest BCUT2D eigenvalue weighted by molar-refractivity contribution is 0.0376. The molecule has 1 rings (SSSR count). The molecule has 0 aromatic heterocycles. The van der Waals surface area contributed by atoms with Crippen molar-refractivity contribution >= 4 is 24.5 Å². The number of benzene rings is 1. The summed E-state index contributed by atoms with van der Waals surface area (Å²) in [5, 5.41) is 0. The first kappa shape index (κ1) is 19.7. The second-order valence-electron chi connectivity index (χ2n) is 5.45. The standard InChI is InChI=1S/C17H25NO2.ClH/c1-6-13-7-8-15(17(19)20-12(4)5)14(9-10-18)16(13)11(2)3;/h6-8,11-12H,1,9-10,18H2,2-5H3;1H. The van der Waals surface area contributed by atoms with E-state index in [-0.39, 0.29) is 24.5 Å². The van der Waals surface area contributed by atoms with Crippen molar-refractivity contribution in [3.8, 4) is 0 Å². The van der Waals surface area contributed by atoms with E-state index in [9.17, 15) is 4.79 Å². The molecule has 0 unspecified atom stereocenters. The van der Waals surface area contributed by atoms with Gasteiger partial charge in [0.15, 0.2) is 0 Å². The van der Waals surface area contributed by atoms with E-state index in [1.165, 1.54) is 0 Å². The Labute approximate surface area is 134 Å². The fourth-order valence-corrected chi connectivity index (χ4v) is 2.43. The first-order valence-electron chi connectivity index (χ1n) is 7.11. The Balaban J connectivity index is 0.00000400. The number of carbonyl (C=O) groups is 1. The summed E-state index contributed by atoms with van der Waals surface area (Å²) < 4.78 is 5.33. The average Bonchev–Trinajstić information content (AvgIpc) is 2.37. The van der Waals surface area contributed by atoms with Crippen LogP contribution in [-0.2, 0) is 11.2 Å². The third-order valence-electron chi connectivity index (χ3n) is 3.15. The normalized spacial score (nSPS) is 10.4. The van der Waals surface area contributed by atoms with Crippen molar-refractivity contribution in [1.29, 1.82) is 0 Å². The molecule has 1 aromatic rings. The van der Waals surface area contributed by atoms with Crippen LogP contribution >= 0.6 is 12.4 Å². The minimum atomic E-state index is -0.277. The van der Waals surface area contributed by atoms with Crippen LogP contribution < -0.4 is 5.73 Å². The van der Waals surface area contributed by atoms with Crippen LogP contribution in [0.5, 0.6) is 0 Å². The molecular weight excluding hydrogens is 286 g/mol. The number of carbonyl (C=O) groups excluding carboxylic acids is 1. The summed E-state index contributed by atoms with van der Waals surface area (Å²) >= 11 is 0. The largest absolute Gasteiger partial charge is 0.459 e. The number of nitrogens with two attached hydrogens (primary N) is 1. The monoisotopic (exact) mass is 311 g/mol. The van der Waals surface area contributed by atoms with E-state index in [4.69, 9.17) is 10.5 Å². The van der Waals surface area contributed by atoms with Crippen LogP contribution in [0.4, 0.5) is 0 Å². The third kappa shape index (κ3) is 4.87. The van der Waals surface area contributed by atoms with Crippen LogP contribution in [-0.4, -0.2) is 18.6 Å². The zero-order chi connectivity index (χ0) is 15.3. The number of esters is 1. The second kappa shape index (κ2) is 8.85. The number of hydrogen-bond acceptors (Lipinski definition) is 3. The zero-order valence-electron chi connectivity index (χ0n) is 13.3. The highest BCUT2D eigenvalue weighted by atomic mass is 35.5. The lowest BCUT2D eigenvalue weighted by Crippen LogP contribution is -2.17. The fourth-order valence-electron chi connectivity index (χ4n) is 2.43. The summed E-state index contributed by atoms with van der Waals surface area (Å²) in [6.07, 6.45) is 2.36. The molecule has 118 valence electrons. The molecule has 1 aromatic carbocycles. The van der Waals surface area contributed by atoms with Gasteiger partial charge >= 0.3 is 5.97 Å². The predicted molar refractivity (Wildman–Crippen MR) is 91.2 cm³/mol. The molecule has 0 aliphatic heterocycles. The molecule has 2 N–H and O–H groups in total. The number of halogens is 1. The lowest BCUT2D eigenvalue weighted by atomic mass is 9.87. The van der Waals surface area contributed by atoms with Crippen molar-refractivity contribution in [2.24, 2.45) is 5.73 Å². The van der Waals surface area contributed by atoms with Gasteiger partial charge < -0.3 is 10.5 Å². The molecule has 0 saturated heterocycles. The van der Waals surface area contributed by atoms with Crippen molar-refractivity contribution < 1.29 is 9.53 Å². The van der Waals surface area contributed by atoms with Gasteiger partial charge in [-0.05, 0) is 55.5 Å². The van der Waals surface area contributed by atoms with Crippen LogP contribution in [0, 0.1) is 0 Å². The van der Waals surface area contributed by atoms with Gasteiger partial charge in [0.1, 0.15) is 0 Å². The summed E-state index contributed by atoms with van der Waals surface area (Å²) in [7, 11) is 0. The van der Waals surface area contributed by atoms with E-state index in [1.807, 2.05) is 32.1 Å². The lowest BCUT2D eigenvalue weighted by Gasteiger charge is -2.20. The Kier molecular flexibility index (Phi) is 8.30. The number of hydrogen-bond donors (Lipinski definition) is 1. The molecule has 0 radical (unpaired) electrons. The van der Waals surface area contributed by atoms with E-state index >= 15 is 0 Å². The van der Waals surface area contributed by atoms with E-state index in [2.05, 4.69) is 20.4 Å². The molecule has 3 nitrogen and oxygen atoms in total. The predicted octanol–water partition coefficient (Wildman–Crippen LogP) is 3.94. The van der Waals surface area contributed by atoms with Crippen molar-refractivity contribution in [3.63, 3.8) is 0 Å². The van der Waals surface area contributed by atoms with Crippen molar-refractivity contribution in [2.45, 2.75) is 46.1 Å². The maximum Gasteiger partial charge on any atom is 0.338 e. The Morgan fingerprint density at radius 1 is 1.33 bits per heavy atom. The highest BCUT2D eigenvalue weighted by molar-refractivity contribution is 5.92. The molecule has 0 atom stereocenters. The van der Waals surface area contributed by atoms with Gasteiger partial charge in [-0.1, -0.05) is 32.6 Å². The van der Waals surface area contributed by atoms with Crippen LogP contribution in [0.15, 0.2) is 18.7 Å². The highest BCUT2D eigenvalue weighted by Gasteiger charge is 2.20. The second-order valence-corrected chi connectivity index (χ2v) is 5.45. The Hall–Kier alpha value is -1.32. The third-order valence-corrected chi connectivity index (χ3v) is 3.15. The molecule has 0 aliphatic rings. The van der Waals surface area contributed by atoms with Gasteiger partial charge in [-0.15, -0.1) is 12.4 Å². The minimum absolute atomic E-state index is 0. The quantitative estimate of drug-likeness (QED) is 0.810. The summed E-state index contributed by atoms with van der Waals surface area (Å²) in [6, 6.07) is 3.75. The maximum atomic E-state index is 12.2. The zero-order valence-corrected chi connectivity index (χ0v) is 14.1. The van der Waals surface area contributed by atoms with Gasteiger partial charge in [-0.2, -0.15) is 0 Å². The smallest absolute Gasteiger partial charge is 0.338 e. The summed E-state index contributed by atoms with van der Waals surface area (Å²) in [5.41, 5.74) is 9.53. The molecule has 0 aliphatic carbocycles. The van der Waals surface area contributed by atoms with E-state index in [0.29, 0.717) is 24.4 Å². The van der Waals surface area contributed by atoms with Crippen molar-refractivity contribution in [2.75, 3.05) is 6.54 Å². The van der Waals surface area contributed by atoms with Gasteiger partial charge in [0.25, 0.3) is 0 Å².